The number of aliphatic hydroxyl groups is 1. The van der Waals surface area contributed by atoms with Gasteiger partial charge in [-0.25, -0.2) is 0 Å². The lowest BCUT2D eigenvalue weighted by atomic mass is 10.0. The third kappa shape index (κ3) is 3.04. The van der Waals surface area contributed by atoms with Crippen molar-refractivity contribution in [2.45, 2.75) is 18.9 Å². The third-order valence-electron chi connectivity index (χ3n) is 3.98. The van der Waals surface area contributed by atoms with Gasteiger partial charge in [-0.05, 0) is 24.1 Å². The summed E-state index contributed by atoms with van der Waals surface area (Å²) < 4.78 is 0. The summed E-state index contributed by atoms with van der Waals surface area (Å²) in [6.07, 6.45) is 0.772. The molecule has 1 N–H and O–H groups in total. The molecule has 1 amide bonds. The van der Waals surface area contributed by atoms with E-state index in [4.69, 9.17) is 21.5 Å². The van der Waals surface area contributed by atoms with E-state index >= 15 is 0 Å². The molecule has 2 aliphatic heterocycles. The molecule has 2 atom stereocenters. The van der Waals surface area contributed by atoms with Gasteiger partial charge in [0, 0.05) is 37.1 Å². The minimum atomic E-state index is -0.548. The predicted molar refractivity (Wildman–Crippen MR) is 79.3 cm³/mol. The van der Waals surface area contributed by atoms with Crippen molar-refractivity contribution in [3.63, 3.8) is 0 Å². The van der Waals surface area contributed by atoms with Gasteiger partial charge in [0.05, 0.1) is 5.71 Å². The molecule has 0 unspecified atom stereocenters. The van der Waals surface area contributed by atoms with E-state index in [-0.39, 0.29) is 18.4 Å². The van der Waals surface area contributed by atoms with Crippen LogP contribution < -0.4 is 0 Å². The lowest BCUT2D eigenvalue weighted by Crippen LogP contribution is -2.38. The number of hydrogen-bond donors (Lipinski definition) is 1. The van der Waals surface area contributed by atoms with Gasteiger partial charge in [-0.15, -0.1) is 0 Å². The minimum Gasteiger partial charge on any atom is -0.396 e. The standard InChI is InChI=1S/C15H17ClN2O3/c16-12-3-1-11(2-4-12)13-7-14(21-17-13)15(20)18-6-5-10(8-18)9-19/h1-4,10,14,19H,5-9H2/t10-,14-/m0/s1. The maximum Gasteiger partial charge on any atom is 0.266 e. The molecule has 3 rings (SSSR count). The van der Waals surface area contributed by atoms with E-state index in [0.717, 1.165) is 17.7 Å². The second-order valence-electron chi connectivity index (χ2n) is 5.46. The first-order chi connectivity index (χ1) is 10.2. The molecule has 5 nitrogen and oxygen atoms in total. The van der Waals surface area contributed by atoms with E-state index in [1.807, 2.05) is 12.1 Å². The zero-order chi connectivity index (χ0) is 14.8. The molecule has 0 aromatic heterocycles. The Morgan fingerprint density at radius 1 is 1.43 bits per heavy atom. The molecule has 6 heteroatoms. The molecule has 1 saturated heterocycles. The van der Waals surface area contributed by atoms with Crippen LogP contribution in [0.4, 0.5) is 0 Å². The summed E-state index contributed by atoms with van der Waals surface area (Å²) in [5.41, 5.74) is 1.69. The van der Waals surface area contributed by atoms with Crippen molar-refractivity contribution < 1.29 is 14.7 Å². The second-order valence-corrected chi connectivity index (χ2v) is 5.90. The maximum absolute atomic E-state index is 12.4. The summed E-state index contributed by atoms with van der Waals surface area (Å²) in [5, 5.41) is 13.8. The van der Waals surface area contributed by atoms with Crippen LogP contribution in [0.15, 0.2) is 29.4 Å². The minimum absolute atomic E-state index is 0.0429. The molecule has 0 bridgehead atoms. The highest BCUT2D eigenvalue weighted by atomic mass is 35.5. The topological polar surface area (TPSA) is 62.1 Å². The van der Waals surface area contributed by atoms with Crippen LogP contribution in [0.5, 0.6) is 0 Å². The first kappa shape index (κ1) is 14.4. The van der Waals surface area contributed by atoms with E-state index in [1.165, 1.54) is 0 Å². The number of amides is 1. The molecule has 112 valence electrons. The van der Waals surface area contributed by atoms with Crippen LogP contribution >= 0.6 is 11.6 Å². The van der Waals surface area contributed by atoms with E-state index in [1.54, 1.807) is 17.0 Å². The second kappa shape index (κ2) is 6.03. The number of aliphatic hydroxyl groups excluding tert-OH is 1. The highest BCUT2D eigenvalue weighted by Gasteiger charge is 2.35. The summed E-state index contributed by atoms with van der Waals surface area (Å²) in [5.74, 6) is 0.144. The molecule has 21 heavy (non-hydrogen) atoms. The summed E-state index contributed by atoms with van der Waals surface area (Å²) in [7, 11) is 0. The summed E-state index contributed by atoms with van der Waals surface area (Å²) >= 11 is 5.86. The zero-order valence-electron chi connectivity index (χ0n) is 11.5. The van der Waals surface area contributed by atoms with Gasteiger partial charge in [0.15, 0.2) is 0 Å². The van der Waals surface area contributed by atoms with Crippen LogP contribution in [-0.4, -0.2) is 47.4 Å². The van der Waals surface area contributed by atoms with Crippen molar-refractivity contribution in [2.75, 3.05) is 19.7 Å². The Labute approximate surface area is 128 Å². The molecule has 0 spiro atoms. The van der Waals surface area contributed by atoms with E-state index in [0.29, 0.717) is 24.5 Å². The number of benzene rings is 1. The number of likely N-dealkylation sites (tertiary alicyclic amines) is 1. The van der Waals surface area contributed by atoms with Gasteiger partial charge in [-0.3, -0.25) is 4.79 Å². The van der Waals surface area contributed by atoms with Crippen LogP contribution in [0, 0.1) is 5.92 Å². The highest BCUT2D eigenvalue weighted by Crippen LogP contribution is 2.23. The number of halogens is 1. The molecule has 1 aromatic carbocycles. The van der Waals surface area contributed by atoms with Gasteiger partial charge in [0.2, 0.25) is 6.10 Å². The number of rotatable bonds is 3. The summed E-state index contributed by atoms with van der Waals surface area (Å²) in [6.45, 7) is 1.41. The molecule has 2 aliphatic rings. The maximum atomic E-state index is 12.4. The van der Waals surface area contributed by atoms with Gasteiger partial charge in [-0.2, -0.15) is 0 Å². The van der Waals surface area contributed by atoms with Gasteiger partial charge in [0.25, 0.3) is 5.91 Å². The van der Waals surface area contributed by atoms with Crippen LogP contribution in [-0.2, 0) is 9.63 Å². The van der Waals surface area contributed by atoms with Gasteiger partial charge in [0.1, 0.15) is 0 Å². The van der Waals surface area contributed by atoms with E-state index < -0.39 is 6.10 Å². The number of oxime groups is 1. The Hall–Kier alpha value is -1.59. The van der Waals surface area contributed by atoms with E-state index in [2.05, 4.69) is 5.16 Å². The largest absolute Gasteiger partial charge is 0.396 e. The monoisotopic (exact) mass is 308 g/mol. The first-order valence-electron chi connectivity index (χ1n) is 7.05. The van der Waals surface area contributed by atoms with Crippen LogP contribution in [0.2, 0.25) is 5.02 Å². The first-order valence-corrected chi connectivity index (χ1v) is 7.43. The number of nitrogens with zero attached hydrogens (tertiary/aromatic N) is 2. The summed E-state index contributed by atoms with van der Waals surface area (Å²) in [6, 6.07) is 7.33. The van der Waals surface area contributed by atoms with Crippen LogP contribution in [0.25, 0.3) is 0 Å². The Kier molecular flexibility index (Phi) is 4.12. The quantitative estimate of drug-likeness (QED) is 0.924. The molecule has 0 aliphatic carbocycles. The Balaban J connectivity index is 1.61. The fourth-order valence-corrected chi connectivity index (χ4v) is 2.83. The van der Waals surface area contributed by atoms with Crippen LogP contribution in [0.1, 0.15) is 18.4 Å². The van der Waals surface area contributed by atoms with Crippen LogP contribution in [0.3, 0.4) is 0 Å². The summed E-state index contributed by atoms with van der Waals surface area (Å²) in [4.78, 5) is 19.4. The molecule has 1 fully saturated rings. The Bertz CT molecular complexity index is 559. The Morgan fingerprint density at radius 3 is 2.86 bits per heavy atom. The highest BCUT2D eigenvalue weighted by molar-refractivity contribution is 6.30. The number of hydrogen-bond acceptors (Lipinski definition) is 4. The predicted octanol–water partition coefficient (Wildman–Crippen LogP) is 1.67. The fourth-order valence-electron chi connectivity index (χ4n) is 2.71. The van der Waals surface area contributed by atoms with Crippen molar-refractivity contribution in [3.8, 4) is 0 Å². The molecule has 1 aromatic rings. The van der Waals surface area contributed by atoms with Crippen molar-refractivity contribution in [1.29, 1.82) is 0 Å². The van der Waals surface area contributed by atoms with E-state index in [9.17, 15) is 4.79 Å². The van der Waals surface area contributed by atoms with Crippen molar-refractivity contribution in [2.24, 2.45) is 11.1 Å². The lowest BCUT2D eigenvalue weighted by molar-refractivity contribution is -0.141. The molecule has 0 radical (unpaired) electrons. The average Bonchev–Trinajstić information content (AvgIpc) is 3.16. The zero-order valence-corrected chi connectivity index (χ0v) is 12.3. The normalized spacial score (nSPS) is 24.9. The smallest absolute Gasteiger partial charge is 0.266 e. The Morgan fingerprint density at radius 2 is 2.19 bits per heavy atom. The average molecular weight is 309 g/mol. The SMILES string of the molecule is O=C([C@@H]1CC(c2ccc(Cl)cc2)=NO1)N1CC[C@H](CO)C1. The van der Waals surface area contributed by atoms with Gasteiger partial charge < -0.3 is 14.8 Å². The molecule has 0 saturated carbocycles. The lowest BCUT2D eigenvalue weighted by Gasteiger charge is -2.18. The van der Waals surface area contributed by atoms with Crippen molar-refractivity contribution in [3.05, 3.63) is 34.9 Å². The number of carbonyl (C=O) groups is 1. The number of carbonyl (C=O) groups excluding carboxylic acids is 1. The van der Waals surface area contributed by atoms with Crippen molar-refractivity contribution in [1.82, 2.24) is 4.90 Å². The third-order valence-corrected chi connectivity index (χ3v) is 4.23. The fraction of sp³-hybridized carbons (Fsp3) is 0.467. The van der Waals surface area contributed by atoms with Gasteiger partial charge in [-0.1, -0.05) is 28.9 Å². The molecular weight excluding hydrogens is 292 g/mol. The van der Waals surface area contributed by atoms with Gasteiger partial charge >= 0.3 is 0 Å². The molecular formula is C15H17ClN2O3. The van der Waals surface area contributed by atoms with Crippen molar-refractivity contribution >= 4 is 23.2 Å². The molecule has 2 heterocycles.